The number of halogens is 2. The van der Waals surface area contributed by atoms with Gasteiger partial charge in [-0.1, -0.05) is 6.42 Å². The molecule has 2 atom stereocenters. The molecule has 2 unspecified atom stereocenters. The molecule has 21 heavy (non-hydrogen) atoms. The molecule has 1 saturated carbocycles. The minimum absolute atomic E-state index is 0. The number of nitrogens with two attached hydrogens (primary N) is 1. The largest absolute Gasteiger partial charge is 0.497 e. The van der Waals surface area contributed by atoms with E-state index in [1.165, 1.54) is 19.2 Å². The number of rotatable bonds is 4. The van der Waals surface area contributed by atoms with Gasteiger partial charge in [0.25, 0.3) is 5.91 Å². The average Bonchev–Trinajstić information content (AvgIpc) is 2.44. The Bertz CT molecular complexity index is 485. The van der Waals surface area contributed by atoms with E-state index in [1.54, 1.807) is 6.07 Å². The highest BCUT2D eigenvalue weighted by Crippen LogP contribution is 2.22. The monoisotopic (exact) mass is 316 g/mol. The highest BCUT2D eigenvalue weighted by atomic mass is 35.5. The zero-order valence-corrected chi connectivity index (χ0v) is 12.9. The Kier molecular flexibility index (Phi) is 6.92. The third kappa shape index (κ3) is 4.86. The van der Waals surface area contributed by atoms with Crippen LogP contribution in [-0.2, 0) is 0 Å². The van der Waals surface area contributed by atoms with Crippen LogP contribution in [0.2, 0.25) is 0 Å². The Morgan fingerprint density at radius 2 is 2.24 bits per heavy atom. The standard InChI is InChI=1S/C15H21FN2O2.ClH/c1-20-12-5-6-13(14(16)8-12)15(19)18-9-10-3-2-4-11(17)7-10;/h5-6,8,10-11H,2-4,7,9,17H2,1H3,(H,18,19);1H. The normalized spacial score (nSPS) is 21.3. The first-order valence-corrected chi connectivity index (χ1v) is 6.97. The molecule has 1 fully saturated rings. The summed E-state index contributed by atoms with van der Waals surface area (Å²) >= 11 is 0. The number of ether oxygens (including phenoxy) is 1. The van der Waals surface area contributed by atoms with Crippen molar-refractivity contribution >= 4 is 18.3 Å². The number of carbonyl (C=O) groups excluding carboxylic acids is 1. The second-order valence-corrected chi connectivity index (χ2v) is 5.35. The molecule has 0 bridgehead atoms. The van der Waals surface area contributed by atoms with Crippen molar-refractivity contribution in [3.63, 3.8) is 0 Å². The van der Waals surface area contributed by atoms with E-state index in [2.05, 4.69) is 5.32 Å². The van der Waals surface area contributed by atoms with Crippen molar-refractivity contribution in [3.8, 4) is 5.75 Å². The van der Waals surface area contributed by atoms with Crippen LogP contribution in [0, 0.1) is 11.7 Å². The zero-order valence-electron chi connectivity index (χ0n) is 12.1. The van der Waals surface area contributed by atoms with Crippen molar-refractivity contribution in [1.29, 1.82) is 0 Å². The van der Waals surface area contributed by atoms with Gasteiger partial charge in [-0.2, -0.15) is 0 Å². The van der Waals surface area contributed by atoms with E-state index in [0.29, 0.717) is 18.2 Å². The number of amides is 1. The van der Waals surface area contributed by atoms with E-state index in [0.717, 1.165) is 25.7 Å². The molecule has 1 aromatic rings. The minimum atomic E-state index is -0.567. The van der Waals surface area contributed by atoms with Crippen LogP contribution in [-0.4, -0.2) is 25.6 Å². The molecule has 0 aliphatic heterocycles. The number of methoxy groups -OCH3 is 1. The second-order valence-electron chi connectivity index (χ2n) is 5.35. The number of carbonyl (C=O) groups is 1. The van der Waals surface area contributed by atoms with Crippen LogP contribution in [0.15, 0.2) is 18.2 Å². The molecule has 1 aliphatic rings. The van der Waals surface area contributed by atoms with Crippen molar-refractivity contribution in [1.82, 2.24) is 5.32 Å². The van der Waals surface area contributed by atoms with Gasteiger partial charge in [-0.05, 0) is 37.3 Å². The van der Waals surface area contributed by atoms with Gasteiger partial charge in [0.05, 0.1) is 12.7 Å². The van der Waals surface area contributed by atoms with Crippen LogP contribution < -0.4 is 15.8 Å². The second kappa shape index (κ2) is 8.20. The summed E-state index contributed by atoms with van der Waals surface area (Å²) in [6, 6.07) is 4.46. The molecule has 0 aromatic heterocycles. The molecule has 0 radical (unpaired) electrons. The van der Waals surface area contributed by atoms with Crippen LogP contribution in [0.4, 0.5) is 4.39 Å². The summed E-state index contributed by atoms with van der Waals surface area (Å²) in [6.07, 6.45) is 4.14. The Morgan fingerprint density at radius 1 is 1.48 bits per heavy atom. The SMILES string of the molecule is COc1ccc(C(=O)NCC2CCCC(N)C2)c(F)c1.Cl. The summed E-state index contributed by atoms with van der Waals surface area (Å²) in [5.74, 6) is -0.159. The smallest absolute Gasteiger partial charge is 0.254 e. The molecule has 118 valence electrons. The summed E-state index contributed by atoms with van der Waals surface area (Å²) in [6.45, 7) is 0.554. The van der Waals surface area contributed by atoms with Crippen molar-refractivity contribution in [2.75, 3.05) is 13.7 Å². The number of benzene rings is 1. The summed E-state index contributed by atoms with van der Waals surface area (Å²) in [7, 11) is 1.46. The van der Waals surface area contributed by atoms with E-state index >= 15 is 0 Å². The third-order valence-electron chi connectivity index (χ3n) is 3.80. The molecule has 1 amide bonds. The predicted octanol–water partition coefficient (Wildman–Crippen LogP) is 2.50. The predicted molar refractivity (Wildman–Crippen MR) is 82.5 cm³/mol. The number of nitrogens with one attached hydrogen (secondary N) is 1. The molecular weight excluding hydrogens is 295 g/mol. The highest BCUT2D eigenvalue weighted by molar-refractivity contribution is 5.94. The summed E-state index contributed by atoms with van der Waals surface area (Å²) in [4.78, 5) is 12.0. The van der Waals surface area contributed by atoms with Crippen molar-refractivity contribution in [3.05, 3.63) is 29.6 Å². The Labute approximate surface area is 130 Å². The van der Waals surface area contributed by atoms with Crippen LogP contribution in [0.25, 0.3) is 0 Å². The first-order chi connectivity index (χ1) is 9.60. The van der Waals surface area contributed by atoms with Crippen molar-refractivity contribution in [2.45, 2.75) is 31.7 Å². The van der Waals surface area contributed by atoms with Gasteiger partial charge in [-0.15, -0.1) is 12.4 Å². The lowest BCUT2D eigenvalue weighted by Gasteiger charge is -2.26. The summed E-state index contributed by atoms with van der Waals surface area (Å²) in [5, 5.41) is 2.79. The van der Waals surface area contributed by atoms with Crippen LogP contribution in [0.5, 0.6) is 5.75 Å². The minimum Gasteiger partial charge on any atom is -0.497 e. The highest BCUT2D eigenvalue weighted by Gasteiger charge is 2.20. The van der Waals surface area contributed by atoms with Gasteiger partial charge in [-0.3, -0.25) is 4.79 Å². The quantitative estimate of drug-likeness (QED) is 0.897. The molecule has 0 saturated heterocycles. The molecule has 2 rings (SSSR count). The first-order valence-electron chi connectivity index (χ1n) is 6.97. The molecule has 3 N–H and O–H groups in total. The third-order valence-corrected chi connectivity index (χ3v) is 3.80. The molecule has 6 heteroatoms. The van der Waals surface area contributed by atoms with Crippen LogP contribution >= 0.6 is 12.4 Å². The van der Waals surface area contributed by atoms with Gasteiger partial charge in [0.2, 0.25) is 0 Å². The van der Waals surface area contributed by atoms with Gasteiger partial charge in [0, 0.05) is 18.7 Å². The fourth-order valence-corrected chi connectivity index (χ4v) is 2.66. The van der Waals surface area contributed by atoms with E-state index in [4.69, 9.17) is 10.5 Å². The maximum Gasteiger partial charge on any atom is 0.254 e. The maximum atomic E-state index is 13.8. The fraction of sp³-hybridized carbons (Fsp3) is 0.533. The molecule has 1 aliphatic carbocycles. The van der Waals surface area contributed by atoms with E-state index < -0.39 is 5.82 Å². The lowest BCUT2D eigenvalue weighted by molar-refractivity contribution is 0.0938. The molecule has 0 heterocycles. The van der Waals surface area contributed by atoms with Gasteiger partial charge in [0.15, 0.2) is 0 Å². The average molecular weight is 317 g/mol. The topological polar surface area (TPSA) is 64.3 Å². The summed E-state index contributed by atoms with van der Waals surface area (Å²) < 4.78 is 18.7. The van der Waals surface area contributed by atoms with Crippen molar-refractivity contribution in [2.24, 2.45) is 11.7 Å². The van der Waals surface area contributed by atoms with Crippen LogP contribution in [0.1, 0.15) is 36.0 Å². The molecule has 0 spiro atoms. The van der Waals surface area contributed by atoms with E-state index in [1.807, 2.05) is 0 Å². The maximum absolute atomic E-state index is 13.8. The van der Waals surface area contributed by atoms with Crippen LogP contribution in [0.3, 0.4) is 0 Å². The van der Waals surface area contributed by atoms with Gasteiger partial charge in [-0.25, -0.2) is 4.39 Å². The van der Waals surface area contributed by atoms with Gasteiger partial charge >= 0.3 is 0 Å². The molecule has 1 aromatic carbocycles. The Hall–Kier alpha value is -1.33. The van der Waals surface area contributed by atoms with Crippen molar-refractivity contribution < 1.29 is 13.9 Å². The Balaban J connectivity index is 0.00000220. The fourth-order valence-electron chi connectivity index (χ4n) is 2.66. The van der Waals surface area contributed by atoms with E-state index in [-0.39, 0.29) is 29.9 Å². The zero-order chi connectivity index (χ0) is 14.5. The number of hydrogen-bond donors (Lipinski definition) is 2. The lowest BCUT2D eigenvalue weighted by atomic mass is 9.86. The lowest BCUT2D eigenvalue weighted by Crippen LogP contribution is -2.35. The van der Waals surface area contributed by atoms with Gasteiger partial charge < -0.3 is 15.8 Å². The van der Waals surface area contributed by atoms with E-state index in [9.17, 15) is 9.18 Å². The Morgan fingerprint density at radius 3 is 2.86 bits per heavy atom. The first kappa shape index (κ1) is 17.7. The summed E-state index contributed by atoms with van der Waals surface area (Å²) in [5.41, 5.74) is 5.96. The molecular formula is C15H22ClFN2O2. The molecule has 4 nitrogen and oxygen atoms in total. The van der Waals surface area contributed by atoms with Gasteiger partial charge in [0.1, 0.15) is 11.6 Å². The number of hydrogen-bond acceptors (Lipinski definition) is 3.